The maximum absolute atomic E-state index is 13.5. The van der Waals surface area contributed by atoms with Crippen molar-refractivity contribution in [2.75, 3.05) is 0 Å². The molecule has 1 N–H and O–H groups in total. The number of halogens is 1. The standard InChI is InChI=1S/C19H19FN4O/c1-13(2)18-17(19(25)22-11-14-6-8-21-9-7-14)12-23-24(18)16-5-3-4-15(20)10-16/h3-10,12-13H,11H2,1-2H3,(H,22,25). The molecule has 25 heavy (non-hydrogen) atoms. The first kappa shape index (κ1) is 16.8. The van der Waals surface area contributed by atoms with Crippen molar-refractivity contribution in [1.82, 2.24) is 20.1 Å². The second-order valence-corrected chi connectivity index (χ2v) is 6.03. The Kier molecular flexibility index (Phi) is 4.88. The highest BCUT2D eigenvalue weighted by Crippen LogP contribution is 2.23. The smallest absolute Gasteiger partial charge is 0.255 e. The van der Waals surface area contributed by atoms with Crippen molar-refractivity contribution in [3.63, 3.8) is 0 Å². The lowest BCUT2D eigenvalue weighted by Gasteiger charge is -2.13. The fourth-order valence-electron chi connectivity index (χ4n) is 2.68. The molecule has 3 aromatic rings. The van der Waals surface area contributed by atoms with Crippen molar-refractivity contribution < 1.29 is 9.18 Å². The van der Waals surface area contributed by atoms with E-state index in [0.717, 1.165) is 11.3 Å². The number of aromatic nitrogens is 3. The van der Waals surface area contributed by atoms with Gasteiger partial charge in [-0.3, -0.25) is 9.78 Å². The number of benzene rings is 1. The summed E-state index contributed by atoms with van der Waals surface area (Å²) >= 11 is 0. The van der Waals surface area contributed by atoms with Crippen molar-refractivity contribution in [3.05, 3.63) is 77.6 Å². The molecule has 0 bridgehead atoms. The molecule has 2 heterocycles. The number of hydrogen-bond donors (Lipinski definition) is 1. The van der Waals surface area contributed by atoms with Crippen LogP contribution in [0.1, 0.15) is 41.4 Å². The minimum absolute atomic E-state index is 0.0486. The molecule has 2 aromatic heterocycles. The quantitative estimate of drug-likeness (QED) is 0.775. The fourth-order valence-corrected chi connectivity index (χ4v) is 2.68. The molecule has 128 valence electrons. The molecular weight excluding hydrogens is 319 g/mol. The first-order chi connectivity index (χ1) is 12.1. The molecule has 0 spiro atoms. The number of hydrogen-bond acceptors (Lipinski definition) is 3. The van der Waals surface area contributed by atoms with Crippen molar-refractivity contribution in [1.29, 1.82) is 0 Å². The van der Waals surface area contributed by atoms with Crippen LogP contribution in [0, 0.1) is 5.82 Å². The first-order valence-corrected chi connectivity index (χ1v) is 8.07. The van der Waals surface area contributed by atoms with Gasteiger partial charge in [-0.25, -0.2) is 9.07 Å². The van der Waals surface area contributed by atoms with Gasteiger partial charge in [-0.15, -0.1) is 0 Å². The zero-order valence-corrected chi connectivity index (χ0v) is 14.1. The number of amides is 1. The Bertz CT molecular complexity index is 874. The summed E-state index contributed by atoms with van der Waals surface area (Å²) < 4.78 is 15.2. The third kappa shape index (κ3) is 3.74. The highest BCUT2D eigenvalue weighted by atomic mass is 19.1. The Morgan fingerprint density at radius 1 is 1.24 bits per heavy atom. The van der Waals surface area contributed by atoms with Crippen LogP contribution in [0.15, 0.2) is 55.0 Å². The summed E-state index contributed by atoms with van der Waals surface area (Å²) in [6.45, 7) is 4.36. The van der Waals surface area contributed by atoms with E-state index in [4.69, 9.17) is 0 Å². The van der Waals surface area contributed by atoms with Gasteiger partial charge in [0.05, 0.1) is 23.1 Å². The zero-order chi connectivity index (χ0) is 17.8. The van der Waals surface area contributed by atoms with E-state index in [-0.39, 0.29) is 17.6 Å². The van der Waals surface area contributed by atoms with Crippen LogP contribution < -0.4 is 5.32 Å². The van der Waals surface area contributed by atoms with Gasteiger partial charge in [-0.2, -0.15) is 5.10 Å². The number of nitrogens with one attached hydrogen (secondary N) is 1. The first-order valence-electron chi connectivity index (χ1n) is 8.07. The minimum atomic E-state index is -0.341. The van der Waals surface area contributed by atoms with Gasteiger partial charge >= 0.3 is 0 Å². The molecule has 5 nitrogen and oxygen atoms in total. The SMILES string of the molecule is CC(C)c1c(C(=O)NCc2ccncc2)cnn1-c1cccc(F)c1. The molecule has 0 aliphatic heterocycles. The maximum Gasteiger partial charge on any atom is 0.255 e. The van der Waals surface area contributed by atoms with Gasteiger partial charge in [0.25, 0.3) is 5.91 Å². The molecule has 0 aliphatic carbocycles. The second-order valence-electron chi connectivity index (χ2n) is 6.03. The van der Waals surface area contributed by atoms with Crippen LogP contribution >= 0.6 is 0 Å². The number of rotatable bonds is 5. The molecule has 0 saturated heterocycles. The predicted molar refractivity (Wildman–Crippen MR) is 93.0 cm³/mol. The van der Waals surface area contributed by atoms with Gasteiger partial charge in [-0.05, 0) is 41.8 Å². The fraction of sp³-hybridized carbons (Fsp3) is 0.211. The van der Waals surface area contributed by atoms with E-state index in [1.54, 1.807) is 29.2 Å². The van der Waals surface area contributed by atoms with E-state index < -0.39 is 0 Å². The van der Waals surface area contributed by atoms with E-state index >= 15 is 0 Å². The summed E-state index contributed by atoms with van der Waals surface area (Å²) in [5, 5.41) is 7.20. The number of pyridine rings is 1. The Morgan fingerprint density at radius 3 is 2.68 bits per heavy atom. The summed E-state index contributed by atoms with van der Waals surface area (Å²) in [7, 11) is 0. The summed E-state index contributed by atoms with van der Waals surface area (Å²) in [6, 6.07) is 9.86. The molecule has 0 radical (unpaired) electrons. The van der Waals surface area contributed by atoms with E-state index in [9.17, 15) is 9.18 Å². The molecular formula is C19H19FN4O. The van der Waals surface area contributed by atoms with E-state index in [1.165, 1.54) is 18.3 Å². The molecule has 0 aliphatic rings. The van der Waals surface area contributed by atoms with Crippen LogP contribution in [0.25, 0.3) is 5.69 Å². The van der Waals surface area contributed by atoms with Crippen LogP contribution in [0.2, 0.25) is 0 Å². The van der Waals surface area contributed by atoms with Crippen molar-refractivity contribution in [2.24, 2.45) is 0 Å². The highest BCUT2D eigenvalue weighted by molar-refractivity contribution is 5.95. The molecule has 1 amide bonds. The highest BCUT2D eigenvalue weighted by Gasteiger charge is 2.20. The summed E-state index contributed by atoms with van der Waals surface area (Å²) in [5.74, 6) is -0.498. The number of carbonyl (C=O) groups is 1. The summed E-state index contributed by atoms with van der Waals surface area (Å²) in [6.07, 6.45) is 4.90. The largest absolute Gasteiger partial charge is 0.348 e. The molecule has 0 unspecified atom stereocenters. The van der Waals surface area contributed by atoms with Gasteiger partial charge in [0, 0.05) is 18.9 Å². The predicted octanol–water partition coefficient (Wildman–Crippen LogP) is 3.46. The summed E-state index contributed by atoms with van der Waals surface area (Å²) in [4.78, 5) is 16.6. The van der Waals surface area contributed by atoms with Gasteiger partial charge < -0.3 is 5.32 Å². The number of carbonyl (C=O) groups excluding carboxylic acids is 1. The molecule has 1 aromatic carbocycles. The monoisotopic (exact) mass is 338 g/mol. The van der Waals surface area contributed by atoms with Gasteiger partial charge in [0.1, 0.15) is 5.82 Å². The van der Waals surface area contributed by atoms with E-state index in [1.807, 2.05) is 26.0 Å². The van der Waals surface area contributed by atoms with Gasteiger partial charge in [0.15, 0.2) is 0 Å². The van der Waals surface area contributed by atoms with Crippen molar-refractivity contribution >= 4 is 5.91 Å². The van der Waals surface area contributed by atoms with Gasteiger partial charge in [-0.1, -0.05) is 19.9 Å². The van der Waals surface area contributed by atoms with Gasteiger partial charge in [0.2, 0.25) is 0 Å². The third-order valence-electron chi connectivity index (χ3n) is 3.85. The van der Waals surface area contributed by atoms with Crippen LogP contribution in [-0.2, 0) is 6.54 Å². The normalized spacial score (nSPS) is 10.9. The van der Waals surface area contributed by atoms with Crippen molar-refractivity contribution in [2.45, 2.75) is 26.3 Å². The average molecular weight is 338 g/mol. The van der Waals surface area contributed by atoms with E-state index in [0.29, 0.717) is 17.8 Å². The van der Waals surface area contributed by atoms with Crippen LogP contribution in [0.4, 0.5) is 4.39 Å². The molecule has 6 heteroatoms. The molecule has 3 rings (SSSR count). The third-order valence-corrected chi connectivity index (χ3v) is 3.85. The molecule has 0 atom stereocenters. The molecule has 0 fully saturated rings. The Labute approximate surface area is 145 Å². The topological polar surface area (TPSA) is 59.8 Å². The van der Waals surface area contributed by atoms with E-state index in [2.05, 4.69) is 15.4 Å². The Hall–Kier alpha value is -3.02. The van der Waals surface area contributed by atoms with Crippen LogP contribution in [0.3, 0.4) is 0 Å². The lowest BCUT2D eigenvalue weighted by Crippen LogP contribution is -2.24. The minimum Gasteiger partial charge on any atom is -0.348 e. The average Bonchev–Trinajstić information content (AvgIpc) is 3.06. The van der Waals surface area contributed by atoms with Crippen molar-refractivity contribution in [3.8, 4) is 5.69 Å². The number of nitrogens with zero attached hydrogens (tertiary/aromatic N) is 3. The summed E-state index contributed by atoms with van der Waals surface area (Å²) in [5.41, 5.74) is 2.80. The Morgan fingerprint density at radius 2 is 2.00 bits per heavy atom. The van der Waals surface area contributed by atoms with Crippen LogP contribution in [-0.4, -0.2) is 20.7 Å². The molecule has 0 saturated carbocycles. The lowest BCUT2D eigenvalue weighted by atomic mass is 10.0. The second kappa shape index (κ2) is 7.25. The maximum atomic E-state index is 13.5. The lowest BCUT2D eigenvalue weighted by molar-refractivity contribution is 0.0949. The zero-order valence-electron chi connectivity index (χ0n) is 14.1. The Balaban J connectivity index is 1.87. The van der Waals surface area contributed by atoms with Crippen LogP contribution in [0.5, 0.6) is 0 Å².